The van der Waals surface area contributed by atoms with Crippen molar-refractivity contribution in [2.75, 3.05) is 19.0 Å². The number of methoxy groups -OCH3 is 1. The predicted molar refractivity (Wildman–Crippen MR) is 93.2 cm³/mol. The highest BCUT2D eigenvalue weighted by Gasteiger charge is 2.17. The van der Waals surface area contributed by atoms with Crippen molar-refractivity contribution in [3.05, 3.63) is 51.8 Å². The molecular formula is C17H16Cl2FNO3. The summed E-state index contributed by atoms with van der Waals surface area (Å²) in [6, 6.07) is 6.70. The van der Waals surface area contributed by atoms with Crippen molar-refractivity contribution < 1.29 is 18.7 Å². The molecule has 0 saturated heterocycles. The van der Waals surface area contributed by atoms with Gasteiger partial charge in [0.2, 0.25) is 0 Å². The van der Waals surface area contributed by atoms with Crippen LogP contribution in [0.5, 0.6) is 11.5 Å². The standard InChI is InChI=1S/C17H16Cl2FNO3/c1-3-6-24-16-13(19)7-10(8-15(16)23-2)17(22)21-14-5-4-11(20)9-12(14)18/h4-5,7-9H,3,6H2,1-2H3,(H,21,22). The fourth-order valence-electron chi connectivity index (χ4n) is 1.98. The zero-order chi connectivity index (χ0) is 17.7. The third-order valence-electron chi connectivity index (χ3n) is 3.12. The zero-order valence-corrected chi connectivity index (χ0v) is 14.7. The molecule has 128 valence electrons. The molecule has 0 aliphatic carbocycles. The molecule has 0 aliphatic rings. The monoisotopic (exact) mass is 371 g/mol. The molecule has 1 amide bonds. The molecule has 1 N–H and O–H groups in total. The molecule has 2 rings (SSSR count). The summed E-state index contributed by atoms with van der Waals surface area (Å²) in [5, 5.41) is 2.97. The normalized spacial score (nSPS) is 10.4. The molecule has 0 unspecified atom stereocenters. The molecule has 0 saturated carbocycles. The number of ether oxygens (including phenoxy) is 2. The molecule has 24 heavy (non-hydrogen) atoms. The van der Waals surface area contributed by atoms with Gasteiger partial charge in [-0.1, -0.05) is 30.1 Å². The van der Waals surface area contributed by atoms with E-state index in [2.05, 4.69) is 5.32 Å². The van der Waals surface area contributed by atoms with Gasteiger partial charge in [-0.25, -0.2) is 4.39 Å². The van der Waals surface area contributed by atoms with Crippen molar-refractivity contribution >= 4 is 34.8 Å². The average molecular weight is 372 g/mol. The third kappa shape index (κ3) is 4.30. The highest BCUT2D eigenvalue weighted by atomic mass is 35.5. The first kappa shape index (κ1) is 18.4. The molecule has 0 fully saturated rings. The molecule has 2 aromatic carbocycles. The zero-order valence-electron chi connectivity index (χ0n) is 13.2. The first-order chi connectivity index (χ1) is 11.5. The van der Waals surface area contributed by atoms with E-state index >= 15 is 0 Å². The van der Waals surface area contributed by atoms with Crippen molar-refractivity contribution in [1.82, 2.24) is 0 Å². The lowest BCUT2D eigenvalue weighted by Crippen LogP contribution is -2.13. The fourth-order valence-corrected chi connectivity index (χ4v) is 2.46. The van der Waals surface area contributed by atoms with Gasteiger partial charge in [-0.15, -0.1) is 0 Å². The van der Waals surface area contributed by atoms with Gasteiger partial charge in [0.25, 0.3) is 5.91 Å². The van der Waals surface area contributed by atoms with E-state index in [1.54, 1.807) is 0 Å². The minimum atomic E-state index is -0.486. The van der Waals surface area contributed by atoms with E-state index in [0.717, 1.165) is 12.5 Å². The largest absolute Gasteiger partial charge is 0.493 e. The smallest absolute Gasteiger partial charge is 0.255 e. The van der Waals surface area contributed by atoms with Crippen LogP contribution in [-0.4, -0.2) is 19.6 Å². The van der Waals surface area contributed by atoms with Crippen LogP contribution in [0, 0.1) is 5.82 Å². The molecule has 0 radical (unpaired) electrons. The van der Waals surface area contributed by atoms with Crippen molar-refractivity contribution in [3.8, 4) is 11.5 Å². The Morgan fingerprint density at radius 1 is 1.21 bits per heavy atom. The minimum Gasteiger partial charge on any atom is -0.493 e. The van der Waals surface area contributed by atoms with Gasteiger partial charge < -0.3 is 14.8 Å². The van der Waals surface area contributed by atoms with Gasteiger partial charge in [0.1, 0.15) is 5.82 Å². The van der Waals surface area contributed by atoms with Crippen LogP contribution in [0.2, 0.25) is 10.0 Å². The van der Waals surface area contributed by atoms with E-state index in [-0.39, 0.29) is 15.6 Å². The van der Waals surface area contributed by atoms with E-state index in [1.165, 1.54) is 31.4 Å². The van der Waals surface area contributed by atoms with Crippen molar-refractivity contribution in [2.24, 2.45) is 0 Å². The van der Waals surface area contributed by atoms with E-state index in [9.17, 15) is 9.18 Å². The van der Waals surface area contributed by atoms with Crippen LogP contribution in [0.3, 0.4) is 0 Å². The Hall–Kier alpha value is -1.98. The van der Waals surface area contributed by atoms with Gasteiger partial charge in [0.15, 0.2) is 11.5 Å². The van der Waals surface area contributed by atoms with Gasteiger partial charge >= 0.3 is 0 Å². The lowest BCUT2D eigenvalue weighted by atomic mass is 10.1. The summed E-state index contributed by atoms with van der Waals surface area (Å²) in [5.41, 5.74) is 0.561. The molecule has 0 heterocycles. The van der Waals surface area contributed by atoms with E-state index in [4.69, 9.17) is 32.7 Å². The lowest BCUT2D eigenvalue weighted by molar-refractivity contribution is 0.102. The number of nitrogens with one attached hydrogen (secondary N) is 1. The molecular weight excluding hydrogens is 356 g/mol. The van der Waals surface area contributed by atoms with Gasteiger partial charge in [-0.05, 0) is 36.8 Å². The summed E-state index contributed by atoms with van der Waals surface area (Å²) in [7, 11) is 1.46. The van der Waals surface area contributed by atoms with E-state index < -0.39 is 11.7 Å². The van der Waals surface area contributed by atoms with E-state index in [0.29, 0.717) is 23.8 Å². The summed E-state index contributed by atoms with van der Waals surface area (Å²) < 4.78 is 23.8. The Kier molecular flexibility index (Phi) is 6.29. The van der Waals surface area contributed by atoms with Crippen LogP contribution in [0.1, 0.15) is 23.7 Å². The molecule has 7 heteroatoms. The highest BCUT2D eigenvalue weighted by molar-refractivity contribution is 6.34. The second-order valence-electron chi connectivity index (χ2n) is 4.92. The Morgan fingerprint density at radius 3 is 2.58 bits per heavy atom. The molecule has 4 nitrogen and oxygen atoms in total. The fraction of sp³-hybridized carbons (Fsp3) is 0.235. The van der Waals surface area contributed by atoms with Crippen LogP contribution < -0.4 is 14.8 Å². The number of carbonyl (C=O) groups excluding carboxylic acids is 1. The number of halogens is 3. The summed E-state index contributed by atoms with van der Waals surface area (Å²) in [4.78, 5) is 12.4. The van der Waals surface area contributed by atoms with Crippen LogP contribution in [0.15, 0.2) is 30.3 Å². The SMILES string of the molecule is CCCOc1c(Cl)cc(C(=O)Nc2ccc(F)cc2Cl)cc1OC. The van der Waals surface area contributed by atoms with Crippen molar-refractivity contribution in [3.63, 3.8) is 0 Å². The maximum atomic E-state index is 13.1. The molecule has 0 spiro atoms. The first-order valence-electron chi connectivity index (χ1n) is 7.23. The van der Waals surface area contributed by atoms with Crippen molar-refractivity contribution in [1.29, 1.82) is 0 Å². The van der Waals surface area contributed by atoms with Crippen LogP contribution >= 0.6 is 23.2 Å². The van der Waals surface area contributed by atoms with Crippen LogP contribution in [0.4, 0.5) is 10.1 Å². The molecule has 2 aromatic rings. The number of carbonyl (C=O) groups is 1. The topological polar surface area (TPSA) is 47.6 Å². The minimum absolute atomic E-state index is 0.101. The number of hydrogen-bond acceptors (Lipinski definition) is 3. The quantitative estimate of drug-likeness (QED) is 0.760. The maximum Gasteiger partial charge on any atom is 0.255 e. The summed E-state index contributed by atoms with van der Waals surface area (Å²) in [6.07, 6.45) is 0.810. The van der Waals surface area contributed by atoms with Gasteiger partial charge in [0, 0.05) is 5.56 Å². The maximum absolute atomic E-state index is 13.1. The second kappa shape index (κ2) is 8.22. The third-order valence-corrected chi connectivity index (χ3v) is 3.71. The number of hydrogen-bond donors (Lipinski definition) is 1. The Labute approximate surface area is 149 Å². The Balaban J connectivity index is 2.27. The van der Waals surface area contributed by atoms with Crippen molar-refractivity contribution in [2.45, 2.75) is 13.3 Å². The first-order valence-corrected chi connectivity index (χ1v) is 7.98. The Bertz CT molecular complexity index is 753. The highest BCUT2D eigenvalue weighted by Crippen LogP contribution is 2.37. The molecule has 0 aromatic heterocycles. The van der Waals surface area contributed by atoms with Gasteiger partial charge in [0.05, 0.1) is 29.4 Å². The lowest BCUT2D eigenvalue weighted by Gasteiger charge is -2.14. The Morgan fingerprint density at radius 2 is 1.96 bits per heavy atom. The van der Waals surface area contributed by atoms with Gasteiger partial charge in [-0.2, -0.15) is 0 Å². The number of amides is 1. The number of rotatable bonds is 6. The summed E-state index contributed by atoms with van der Waals surface area (Å²) >= 11 is 12.1. The summed E-state index contributed by atoms with van der Waals surface area (Å²) in [6.45, 7) is 2.45. The molecule has 0 atom stereocenters. The number of anilines is 1. The molecule has 0 bridgehead atoms. The van der Waals surface area contributed by atoms with Crippen LogP contribution in [0.25, 0.3) is 0 Å². The predicted octanol–water partition coefficient (Wildman–Crippen LogP) is 5.18. The van der Waals surface area contributed by atoms with Gasteiger partial charge in [-0.3, -0.25) is 4.79 Å². The van der Waals surface area contributed by atoms with Crippen LogP contribution in [-0.2, 0) is 0 Å². The summed E-state index contributed by atoms with van der Waals surface area (Å²) in [5.74, 6) is -0.199. The van der Waals surface area contributed by atoms with E-state index in [1.807, 2.05) is 6.92 Å². The molecule has 0 aliphatic heterocycles. The number of benzene rings is 2. The average Bonchev–Trinajstić information content (AvgIpc) is 2.55. The second-order valence-corrected chi connectivity index (χ2v) is 5.73.